The van der Waals surface area contributed by atoms with Crippen molar-refractivity contribution in [2.75, 3.05) is 6.61 Å². The van der Waals surface area contributed by atoms with Gasteiger partial charge in [-0.2, -0.15) is 0 Å². The average Bonchev–Trinajstić information content (AvgIpc) is 2.70. The smallest absolute Gasteiger partial charge is 0.309 e. The molecule has 2 fully saturated rings. The van der Waals surface area contributed by atoms with Crippen molar-refractivity contribution in [2.45, 2.75) is 71.8 Å². The van der Waals surface area contributed by atoms with E-state index in [4.69, 9.17) is 4.74 Å². The average molecular weight is 414 g/mol. The molecule has 0 heterocycles. The van der Waals surface area contributed by atoms with Crippen LogP contribution < -0.4 is 5.32 Å². The van der Waals surface area contributed by atoms with Crippen LogP contribution in [-0.4, -0.2) is 24.3 Å². The molecule has 0 aliphatic heterocycles. The lowest BCUT2D eigenvalue weighted by molar-refractivity contribution is -0.156. The minimum atomic E-state index is -0.336. The Morgan fingerprint density at radius 1 is 1.00 bits per heavy atom. The summed E-state index contributed by atoms with van der Waals surface area (Å²) in [6, 6.07) is 8.18. The summed E-state index contributed by atoms with van der Waals surface area (Å²) in [5.74, 6) is 0.116. The predicted octanol–water partition coefficient (Wildman–Crippen LogP) is 4.56. The Morgan fingerprint density at radius 2 is 1.57 bits per heavy atom. The molecule has 0 radical (unpaired) electrons. The van der Waals surface area contributed by atoms with Gasteiger partial charge in [0.2, 0.25) is 0 Å². The Balaban J connectivity index is 1.53. The maximum Gasteiger partial charge on any atom is 0.309 e. The Hall–Kier alpha value is -2.17. The zero-order valence-corrected chi connectivity index (χ0v) is 18.6. The molecule has 3 rings (SSSR count). The molecule has 0 spiro atoms. The van der Waals surface area contributed by atoms with Gasteiger partial charge in [-0.15, -0.1) is 0 Å². The lowest BCUT2D eigenvalue weighted by Crippen LogP contribution is -2.40. The molecule has 1 amide bonds. The van der Waals surface area contributed by atoms with Crippen LogP contribution in [0.2, 0.25) is 0 Å². The first-order chi connectivity index (χ1) is 14.3. The lowest BCUT2D eigenvalue weighted by Gasteiger charge is -2.36. The number of ether oxygens (including phenoxy) is 1. The van der Waals surface area contributed by atoms with Crippen molar-refractivity contribution in [3.63, 3.8) is 0 Å². The van der Waals surface area contributed by atoms with Crippen molar-refractivity contribution in [2.24, 2.45) is 23.7 Å². The topological polar surface area (TPSA) is 72.5 Å². The molecular weight excluding hydrogens is 378 g/mol. The number of carbonyl (C=O) groups excluding carboxylic acids is 3. The van der Waals surface area contributed by atoms with Gasteiger partial charge >= 0.3 is 5.97 Å². The second-order valence-electron chi connectivity index (χ2n) is 9.61. The van der Waals surface area contributed by atoms with Crippen LogP contribution >= 0.6 is 0 Å². The highest BCUT2D eigenvalue weighted by atomic mass is 16.5. The number of Topliss-reactive ketones (excluding diaryl/α,β-unsaturated/α-hetero) is 1. The lowest BCUT2D eigenvalue weighted by atomic mass is 9.67. The van der Waals surface area contributed by atoms with Gasteiger partial charge in [0, 0.05) is 11.8 Å². The molecule has 5 heteroatoms. The van der Waals surface area contributed by atoms with E-state index >= 15 is 0 Å². The number of amides is 1. The number of benzene rings is 1. The minimum absolute atomic E-state index is 0.00279. The molecule has 2 saturated carbocycles. The molecule has 4 atom stereocenters. The number of carbonyl (C=O) groups is 3. The second kappa shape index (κ2) is 9.76. The third-order valence-corrected chi connectivity index (χ3v) is 6.67. The first-order valence-electron chi connectivity index (χ1n) is 11.4. The van der Waals surface area contributed by atoms with Gasteiger partial charge < -0.3 is 10.1 Å². The van der Waals surface area contributed by atoms with E-state index in [0.717, 1.165) is 24.8 Å². The van der Waals surface area contributed by atoms with E-state index in [1.807, 2.05) is 0 Å². The molecule has 1 N–H and O–H groups in total. The van der Waals surface area contributed by atoms with Crippen LogP contribution in [0.15, 0.2) is 24.3 Å². The Bertz CT molecular complexity index is 752. The molecule has 2 aliphatic rings. The third-order valence-electron chi connectivity index (χ3n) is 6.67. The number of rotatable bonds is 7. The van der Waals surface area contributed by atoms with Gasteiger partial charge in [0.15, 0.2) is 6.61 Å². The van der Waals surface area contributed by atoms with E-state index < -0.39 is 0 Å². The van der Waals surface area contributed by atoms with Crippen LogP contribution in [0.1, 0.15) is 82.9 Å². The summed E-state index contributed by atoms with van der Waals surface area (Å²) in [5.41, 5.74) is 2.31. The zero-order valence-electron chi connectivity index (χ0n) is 18.6. The number of hydrogen-bond acceptors (Lipinski definition) is 4. The summed E-state index contributed by atoms with van der Waals surface area (Å²) < 4.78 is 5.35. The summed E-state index contributed by atoms with van der Waals surface area (Å²) in [5, 5.41) is 3.02. The molecule has 2 aliphatic carbocycles. The number of hydrogen-bond donors (Lipinski definition) is 1. The van der Waals surface area contributed by atoms with Gasteiger partial charge in [-0.1, -0.05) is 58.4 Å². The fourth-order valence-electron chi connectivity index (χ4n) is 4.86. The summed E-state index contributed by atoms with van der Waals surface area (Å²) in [6.45, 7) is 8.16. The van der Waals surface area contributed by atoms with E-state index in [2.05, 4.69) is 57.3 Å². The maximum absolute atomic E-state index is 12.5. The highest BCUT2D eigenvalue weighted by Gasteiger charge is 2.41. The predicted molar refractivity (Wildman–Crippen MR) is 116 cm³/mol. The highest BCUT2D eigenvalue weighted by Crippen LogP contribution is 2.40. The van der Waals surface area contributed by atoms with Crippen molar-refractivity contribution in [3.8, 4) is 0 Å². The fraction of sp³-hybridized carbons (Fsp3) is 0.640. The molecule has 1 unspecified atom stereocenters. The van der Waals surface area contributed by atoms with Crippen LogP contribution in [0.3, 0.4) is 0 Å². The van der Waals surface area contributed by atoms with E-state index in [1.165, 1.54) is 5.56 Å². The van der Waals surface area contributed by atoms with Gasteiger partial charge in [0.05, 0.1) is 12.0 Å². The van der Waals surface area contributed by atoms with Gasteiger partial charge in [0.25, 0.3) is 5.91 Å². The molecule has 1 aromatic rings. The van der Waals surface area contributed by atoms with Crippen LogP contribution in [0, 0.1) is 23.7 Å². The minimum Gasteiger partial charge on any atom is -0.455 e. The van der Waals surface area contributed by atoms with Crippen LogP contribution in [0.25, 0.3) is 0 Å². The van der Waals surface area contributed by atoms with E-state index in [-0.39, 0.29) is 48.2 Å². The maximum atomic E-state index is 12.5. The molecule has 164 valence electrons. The summed E-state index contributed by atoms with van der Waals surface area (Å²) in [6.07, 6.45) is 3.98. The first-order valence-corrected chi connectivity index (χ1v) is 11.4. The third kappa shape index (κ3) is 5.30. The van der Waals surface area contributed by atoms with Crippen molar-refractivity contribution in [1.82, 2.24) is 5.32 Å². The largest absolute Gasteiger partial charge is 0.455 e. The van der Waals surface area contributed by atoms with Crippen LogP contribution in [0.5, 0.6) is 0 Å². The summed E-state index contributed by atoms with van der Waals surface area (Å²) in [7, 11) is 0. The second-order valence-corrected chi connectivity index (χ2v) is 9.61. The Labute approximate surface area is 180 Å². The molecule has 1 aromatic carbocycles. The molecule has 5 nitrogen and oxygen atoms in total. The van der Waals surface area contributed by atoms with Crippen molar-refractivity contribution in [1.29, 1.82) is 0 Å². The fourth-order valence-corrected chi connectivity index (χ4v) is 4.86. The molecule has 2 bridgehead atoms. The Kier molecular flexibility index (Phi) is 7.32. The summed E-state index contributed by atoms with van der Waals surface area (Å²) >= 11 is 0. The zero-order chi connectivity index (χ0) is 21.8. The number of esters is 1. The molecule has 0 saturated heterocycles. The van der Waals surface area contributed by atoms with E-state index in [1.54, 1.807) is 0 Å². The normalized spacial score (nSPS) is 24.6. The van der Waals surface area contributed by atoms with Crippen molar-refractivity contribution >= 4 is 17.7 Å². The van der Waals surface area contributed by atoms with Gasteiger partial charge in [-0.25, -0.2) is 0 Å². The molecule has 0 aromatic heterocycles. The van der Waals surface area contributed by atoms with Gasteiger partial charge in [0.1, 0.15) is 5.78 Å². The molecular formula is C25H35NO4. The van der Waals surface area contributed by atoms with E-state index in [9.17, 15) is 14.4 Å². The van der Waals surface area contributed by atoms with Crippen molar-refractivity contribution in [3.05, 3.63) is 35.4 Å². The monoisotopic (exact) mass is 413 g/mol. The molecule has 30 heavy (non-hydrogen) atoms. The van der Waals surface area contributed by atoms with E-state index in [0.29, 0.717) is 24.5 Å². The van der Waals surface area contributed by atoms with Crippen molar-refractivity contribution < 1.29 is 19.1 Å². The number of ketones is 1. The SMILES string of the molecule is CC(C)c1ccc([C@H](NC(=O)COC(=O)C2C[C@H]3CCC[C@@H](C2)C3=O)C(C)C)cc1. The van der Waals surface area contributed by atoms with Gasteiger partial charge in [-0.05, 0) is 48.6 Å². The Morgan fingerprint density at radius 3 is 2.10 bits per heavy atom. The first kappa shape index (κ1) is 22.5. The number of nitrogens with one attached hydrogen (secondary N) is 1. The van der Waals surface area contributed by atoms with Crippen LogP contribution in [0.4, 0.5) is 0 Å². The quantitative estimate of drug-likeness (QED) is 0.665. The van der Waals surface area contributed by atoms with Crippen LogP contribution in [-0.2, 0) is 19.1 Å². The standard InChI is InChI=1S/C25H35NO4/c1-15(2)17-8-10-18(11-9-17)23(16(3)4)26-22(27)14-30-25(29)21-12-19-6-5-7-20(13-21)24(19)28/h8-11,15-16,19-21,23H,5-7,12-14H2,1-4H3,(H,26,27)/t19-,20+,21?,23-/m1/s1. The summed E-state index contributed by atoms with van der Waals surface area (Å²) in [4.78, 5) is 37.2. The number of fused-ring (bicyclic) bond motifs is 2. The van der Waals surface area contributed by atoms with Gasteiger partial charge in [-0.3, -0.25) is 14.4 Å². The highest BCUT2D eigenvalue weighted by molar-refractivity contribution is 5.88.